The van der Waals surface area contributed by atoms with Crippen LogP contribution in [0.5, 0.6) is 0 Å². The second kappa shape index (κ2) is 23.3. The van der Waals surface area contributed by atoms with Crippen LogP contribution in [0.3, 0.4) is 0 Å². The maximum atomic E-state index is 2.40. The zero-order valence-electron chi connectivity index (χ0n) is 33.0. The van der Waals surface area contributed by atoms with Crippen molar-refractivity contribution in [2.75, 3.05) is 0 Å². The first-order chi connectivity index (χ1) is 21.5. The predicted molar refractivity (Wildman–Crippen MR) is 223 cm³/mol. The van der Waals surface area contributed by atoms with Gasteiger partial charge in [0, 0.05) is 19.5 Å². The monoisotopic (exact) mass is 868 g/mol. The molecule has 2 fully saturated rings. The van der Waals surface area contributed by atoms with Gasteiger partial charge in [0.25, 0.3) is 0 Å². The van der Waals surface area contributed by atoms with E-state index in [0.717, 1.165) is 59.2 Å². The van der Waals surface area contributed by atoms with Crippen molar-refractivity contribution in [3.05, 3.63) is 136 Å². The number of thiol groups is 1. The van der Waals surface area contributed by atoms with E-state index in [-0.39, 0.29) is 67.3 Å². The molecule has 4 aromatic rings. The van der Waals surface area contributed by atoms with Gasteiger partial charge in [-0.25, -0.2) is 0 Å². The fourth-order valence-corrected chi connectivity index (χ4v) is 8.91. The summed E-state index contributed by atoms with van der Waals surface area (Å²) in [4.78, 5) is 0. The number of hydrogen-bond acceptors (Lipinski definition) is 1. The SMILES string of the molecule is CC1C(C)C(C)C(C)C1C.CC1C(C)C(C)C(C)C1C.[CH3-].[CH3-].[Rh+2].[Rh].[SH-].c1ccc([B-](c2ccccc2)(c2ccccc2)c2ccccc2)cc1. The summed E-state index contributed by atoms with van der Waals surface area (Å²) in [7, 11) is 0. The molecule has 0 aliphatic heterocycles. The smallest absolute Gasteiger partial charge is 0.813 e. The van der Waals surface area contributed by atoms with E-state index in [1.165, 1.54) is 21.9 Å². The molecule has 280 valence electrons. The largest absolute Gasteiger partial charge is 2.00 e. The molecule has 0 N–H and O–H groups in total. The van der Waals surface area contributed by atoms with Gasteiger partial charge in [0.05, 0.1) is 0 Å². The quantitative estimate of drug-likeness (QED) is 0.0853. The van der Waals surface area contributed by atoms with Crippen molar-refractivity contribution >= 4 is 41.5 Å². The van der Waals surface area contributed by atoms with Crippen LogP contribution in [0, 0.1) is 74.0 Å². The molecule has 4 heteroatoms. The van der Waals surface area contributed by atoms with E-state index in [0.29, 0.717) is 0 Å². The third-order valence-electron chi connectivity index (χ3n) is 13.5. The Labute approximate surface area is 342 Å². The predicted octanol–water partition coefficient (Wildman–Crippen LogP) is 10.1. The summed E-state index contributed by atoms with van der Waals surface area (Å²) in [6, 6.07) is 43.5. The molecule has 0 atom stereocenters. The van der Waals surface area contributed by atoms with Crippen LogP contribution < -0.4 is 21.9 Å². The third-order valence-corrected chi connectivity index (χ3v) is 13.5. The normalized spacial score (nSPS) is 27.8. The molecule has 0 saturated heterocycles. The van der Waals surface area contributed by atoms with Crippen molar-refractivity contribution in [3.8, 4) is 0 Å². The summed E-state index contributed by atoms with van der Waals surface area (Å²) in [6.07, 6.45) is -1.22. The average molecular weight is 869 g/mol. The molecule has 0 bridgehead atoms. The molecule has 0 heterocycles. The van der Waals surface area contributed by atoms with Gasteiger partial charge in [-0.2, -0.15) is 21.9 Å². The topological polar surface area (TPSA) is 0 Å². The summed E-state index contributed by atoms with van der Waals surface area (Å²) in [5.74, 6) is 9.35. The van der Waals surface area contributed by atoms with Crippen LogP contribution in [0.15, 0.2) is 121 Å². The Morgan fingerprint density at radius 2 is 0.420 bits per heavy atom. The minimum absolute atomic E-state index is 0. The van der Waals surface area contributed by atoms with Gasteiger partial charge in [-0.15, -0.1) is 0 Å². The molecule has 0 nitrogen and oxygen atoms in total. The van der Waals surface area contributed by atoms with E-state index < -0.39 is 6.15 Å². The van der Waals surface area contributed by atoms with Crippen molar-refractivity contribution in [2.24, 2.45) is 59.2 Å². The van der Waals surface area contributed by atoms with Gasteiger partial charge < -0.3 is 28.3 Å². The summed E-state index contributed by atoms with van der Waals surface area (Å²) >= 11 is 0. The van der Waals surface area contributed by atoms with E-state index >= 15 is 0 Å². The van der Waals surface area contributed by atoms with E-state index in [1.807, 2.05) is 0 Å². The molecular formula is C46H67BRh2S-2. The first-order valence-corrected chi connectivity index (χ1v) is 17.9. The van der Waals surface area contributed by atoms with Crippen molar-refractivity contribution in [1.29, 1.82) is 0 Å². The molecule has 2 radical (unpaired) electrons. The molecule has 2 aliphatic rings. The second-order valence-corrected chi connectivity index (χ2v) is 15.1. The number of hydrogen-bond donors (Lipinski definition) is 0. The molecular weight excluding hydrogens is 801 g/mol. The molecule has 4 aromatic carbocycles. The van der Waals surface area contributed by atoms with Crippen molar-refractivity contribution in [3.63, 3.8) is 0 Å². The van der Waals surface area contributed by atoms with Gasteiger partial charge in [-0.3, -0.25) is 0 Å². The average Bonchev–Trinajstić information content (AvgIpc) is 3.37. The minimum atomic E-state index is -1.22. The van der Waals surface area contributed by atoms with Crippen molar-refractivity contribution < 1.29 is 39.0 Å². The Kier molecular flexibility index (Phi) is 23.6. The van der Waals surface area contributed by atoms with E-state index in [1.54, 1.807) is 0 Å². The molecule has 0 spiro atoms. The third kappa shape index (κ3) is 10.8. The molecule has 0 aromatic heterocycles. The van der Waals surface area contributed by atoms with Gasteiger partial charge in [0.15, 0.2) is 0 Å². The van der Waals surface area contributed by atoms with E-state index in [9.17, 15) is 0 Å². The van der Waals surface area contributed by atoms with Crippen LogP contribution in [0.25, 0.3) is 0 Å². The van der Waals surface area contributed by atoms with E-state index in [2.05, 4.69) is 191 Å². The molecule has 6 rings (SSSR count). The molecule has 0 unspecified atom stereocenters. The standard InChI is InChI=1S/C24H20B.2C10H20.2CH3.2Rh.H2S/c1-5-13-21(14-6-1)25(22-15-7-2-8-16-22,23-17-9-3-10-18-23)24-19-11-4-12-20-24;2*1-6-7(2)9(4)10(5)8(6)3;;;;;/h1-20H;2*6-10H,1-5H3;2*1H3;;;1H2/q-1;;;2*-1;;+2;/p-1. The number of rotatable bonds is 4. The van der Waals surface area contributed by atoms with Crippen LogP contribution in [-0.2, 0) is 52.5 Å². The van der Waals surface area contributed by atoms with Gasteiger partial charge in [0.1, 0.15) is 6.15 Å². The van der Waals surface area contributed by atoms with Crippen LogP contribution in [0.2, 0.25) is 0 Å². The van der Waals surface area contributed by atoms with Gasteiger partial charge in [-0.05, 0) is 59.2 Å². The van der Waals surface area contributed by atoms with Crippen LogP contribution in [0.1, 0.15) is 69.2 Å². The van der Waals surface area contributed by atoms with Gasteiger partial charge >= 0.3 is 19.5 Å². The van der Waals surface area contributed by atoms with Crippen LogP contribution >= 0.6 is 0 Å². The zero-order chi connectivity index (χ0) is 32.7. The summed E-state index contributed by atoms with van der Waals surface area (Å²) in [5.41, 5.74) is 5.36. The van der Waals surface area contributed by atoms with Crippen molar-refractivity contribution in [1.82, 2.24) is 0 Å². The maximum absolute atomic E-state index is 2.40. The van der Waals surface area contributed by atoms with Gasteiger partial charge in [0.2, 0.25) is 0 Å². The first-order valence-electron chi connectivity index (χ1n) is 17.9. The molecule has 2 saturated carbocycles. The van der Waals surface area contributed by atoms with Gasteiger partial charge in [-0.1, -0.05) is 191 Å². The van der Waals surface area contributed by atoms with Crippen LogP contribution in [0.4, 0.5) is 0 Å². The Hall–Kier alpha value is -1.46. The second-order valence-electron chi connectivity index (χ2n) is 15.1. The number of benzene rings is 4. The Morgan fingerprint density at radius 1 is 0.300 bits per heavy atom. The first kappa shape index (κ1) is 50.7. The minimum Gasteiger partial charge on any atom is -0.813 e. The Balaban J connectivity index is 0. The zero-order valence-corrected chi connectivity index (χ0v) is 37.2. The summed E-state index contributed by atoms with van der Waals surface area (Å²) in [6.45, 7) is 24.0. The fourth-order valence-electron chi connectivity index (χ4n) is 8.91. The Bertz CT molecular complexity index is 1130. The summed E-state index contributed by atoms with van der Waals surface area (Å²) < 4.78 is 0. The Morgan fingerprint density at radius 3 is 0.540 bits per heavy atom. The molecule has 50 heavy (non-hydrogen) atoms. The molecule has 2 aliphatic carbocycles. The van der Waals surface area contributed by atoms with E-state index in [4.69, 9.17) is 0 Å². The molecule has 0 amide bonds. The fraction of sp³-hybridized carbons (Fsp3) is 0.435. The summed E-state index contributed by atoms with van der Waals surface area (Å²) in [5, 5.41) is 0. The van der Waals surface area contributed by atoms with Crippen LogP contribution in [-0.4, -0.2) is 6.15 Å². The maximum Gasteiger partial charge on any atom is 2.00 e. The van der Waals surface area contributed by atoms with Crippen molar-refractivity contribution in [2.45, 2.75) is 69.2 Å².